The number of rotatable bonds is 7. The minimum absolute atomic E-state index is 0.0961. The second kappa shape index (κ2) is 8.89. The summed E-state index contributed by atoms with van der Waals surface area (Å²) in [4.78, 5) is 16.5. The molecule has 3 aromatic carbocycles. The number of carbonyl (C=O) groups excluding carboxylic acids is 1. The van der Waals surface area contributed by atoms with Crippen molar-refractivity contribution in [3.8, 4) is 22.8 Å². The number of nitrogens with one attached hydrogen (secondary N) is 1. The lowest BCUT2D eigenvalue weighted by molar-refractivity contribution is -0.116. The predicted molar refractivity (Wildman–Crippen MR) is 112 cm³/mol. The molecule has 0 aliphatic heterocycles. The fourth-order valence-corrected chi connectivity index (χ4v) is 2.84. The fourth-order valence-electron chi connectivity index (χ4n) is 2.84. The molecule has 0 spiro atoms. The fraction of sp³-hybridized carbons (Fsp3) is 0.0833. The van der Waals surface area contributed by atoms with E-state index in [2.05, 4.69) is 10.3 Å². The predicted octanol–water partition coefficient (Wildman–Crippen LogP) is 5.71. The molecule has 0 aliphatic rings. The number of aromatic nitrogens is 1. The van der Waals surface area contributed by atoms with Gasteiger partial charge in [-0.05, 0) is 36.4 Å². The molecule has 0 aliphatic carbocycles. The molecule has 144 valence electrons. The van der Waals surface area contributed by atoms with Crippen LogP contribution in [0.5, 0.6) is 11.5 Å². The van der Waals surface area contributed by atoms with Crippen LogP contribution in [0.3, 0.4) is 0 Å². The number of amides is 1. The number of para-hydroxylation sites is 1. The topological polar surface area (TPSA) is 64.4 Å². The molecular formula is C24H20N2O3. The molecule has 0 bridgehead atoms. The average Bonchev–Trinajstić information content (AvgIpc) is 3.24. The second-order valence-electron chi connectivity index (χ2n) is 6.47. The Morgan fingerprint density at radius 1 is 0.862 bits per heavy atom. The van der Waals surface area contributed by atoms with Crippen molar-refractivity contribution in [3.63, 3.8) is 0 Å². The van der Waals surface area contributed by atoms with E-state index < -0.39 is 0 Å². The van der Waals surface area contributed by atoms with Crippen molar-refractivity contribution in [2.45, 2.75) is 12.8 Å². The number of oxazole rings is 1. The first-order valence-electron chi connectivity index (χ1n) is 9.39. The van der Waals surface area contributed by atoms with Crippen molar-refractivity contribution in [1.29, 1.82) is 0 Å². The molecule has 1 amide bonds. The van der Waals surface area contributed by atoms with E-state index in [4.69, 9.17) is 9.15 Å². The van der Waals surface area contributed by atoms with Crippen molar-refractivity contribution in [2.75, 3.05) is 5.32 Å². The largest absolute Gasteiger partial charge is 0.457 e. The normalized spacial score (nSPS) is 10.5. The molecule has 5 heteroatoms. The summed E-state index contributed by atoms with van der Waals surface area (Å²) in [6.07, 6.45) is 2.42. The van der Waals surface area contributed by atoms with Crippen LogP contribution in [0.2, 0.25) is 0 Å². The highest BCUT2D eigenvalue weighted by molar-refractivity contribution is 5.90. The highest BCUT2D eigenvalue weighted by Gasteiger charge is 2.09. The Morgan fingerprint density at radius 2 is 1.52 bits per heavy atom. The number of ether oxygens (including phenoxy) is 1. The number of hydrogen-bond donors (Lipinski definition) is 1. The third-order valence-electron chi connectivity index (χ3n) is 4.29. The summed E-state index contributed by atoms with van der Waals surface area (Å²) in [6, 6.07) is 26.6. The summed E-state index contributed by atoms with van der Waals surface area (Å²) >= 11 is 0. The van der Waals surface area contributed by atoms with Crippen molar-refractivity contribution >= 4 is 11.6 Å². The monoisotopic (exact) mass is 384 g/mol. The van der Waals surface area contributed by atoms with Gasteiger partial charge in [-0.2, -0.15) is 0 Å². The number of nitrogens with zero attached hydrogens (tertiary/aromatic N) is 1. The van der Waals surface area contributed by atoms with Gasteiger partial charge in [0, 0.05) is 24.1 Å². The maximum Gasteiger partial charge on any atom is 0.224 e. The van der Waals surface area contributed by atoms with Gasteiger partial charge in [0.15, 0.2) is 11.7 Å². The van der Waals surface area contributed by atoms with E-state index in [1.165, 1.54) is 0 Å². The Hall–Kier alpha value is -3.86. The van der Waals surface area contributed by atoms with Crippen molar-refractivity contribution in [2.24, 2.45) is 0 Å². The van der Waals surface area contributed by atoms with Crippen LogP contribution in [0.1, 0.15) is 12.3 Å². The number of hydrogen-bond acceptors (Lipinski definition) is 4. The highest BCUT2D eigenvalue weighted by atomic mass is 16.5. The van der Waals surface area contributed by atoms with E-state index >= 15 is 0 Å². The molecule has 4 rings (SSSR count). The van der Waals surface area contributed by atoms with E-state index in [1.54, 1.807) is 6.20 Å². The molecule has 0 atom stereocenters. The Balaban J connectivity index is 1.28. The van der Waals surface area contributed by atoms with Gasteiger partial charge in [0.2, 0.25) is 5.91 Å². The quantitative estimate of drug-likeness (QED) is 0.443. The lowest BCUT2D eigenvalue weighted by Gasteiger charge is -2.08. The molecule has 1 N–H and O–H groups in total. The zero-order valence-electron chi connectivity index (χ0n) is 15.7. The highest BCUT2D eigenvalue weighted by Crippen LogP contribution is 2.23. The van der Waals surface area contributed by atoms with Gasteiger partial charge in [0.1, 0.15) is 11.5 Å². The first kappa shape index (κ1) is 18.5. The van der Waals surface area contributed by atoms with Crippen molar-refractivity contribution < 1.29 is 13.9 Å². The van der Waals surface area contributed by atoms with E-state index in [1.807, 2.05) is 84.9 Å². The van der Waals surface area contributed by atoms with E-state index in [0.717, 1.165) is 11.3 Å². The summed E-state index contributed by atoms with van der Waals surface area (Å²) in [7, 11) is 0. The number of benzene rings is 3. The summed E-state index contributed by atoms with van der Waals surface area (Å²) in [5.74, 6) is 2.63. The first-order chi connectivity index (χ1) is 14.3. The van der Waals surface area contributed by atoms with Gasteiger partial charge in [0.05, 0.1) is 6.20 Å². The molecule has 0 unspecified atom stereocenters. The Labute approximate surface area is 169 Å². The number of carbonyl (C=O) groups is 1. The van der Waals surface area contributed by atoms with Crippen molar-refractivity contribution in [3.05, 3.63) is 97.0 Å². The minimum Gasteiger partial charge on any atom is -0.457 e. The standard InChI is InChI=1S/C24H20N2O3/c27-23(15-16-24-25-17-22(29-24)18-7-3-1-4-8-18)26-19-11-13-21(14-12-19)28-20-9-5-2-6-10-20/h1-14,17H,15-16H2,(H,26,27). The lowest BCUT2D eigenvalue weighted by atomic mass is 10.2. The third kappa shape index (κ3) is 5.11. The van der Waals surface area contributed by atoms with Crippen LogP contribution in [-0.2, 0) is 11.2 Å². The Kier molecular flexibility index (Phi) is 5.67. The van der Waals surface area contributed by atoms with Crippen LogP contribution in [-0.4, -0.2) is 10.9 Å². The Morgan fingerprint density at radius 3 is 2.24 bits per heavy atom. The van der Waals surface area contributed by atoms with E-state index in [0.29, 0.717) is 29.5 Å². The number of anilines is 1. The zero-order valence-corrected chi connectivity index (χ0v) is 15.7. The summed E-state index contributed by atoms with van der Waals surface area (Å²) in [5, 5.41) is 2.88. The molecule has 1 heterocycles. The molecule has 0 saturated heterocycles. The van der Waals surface area contributed by atoms with E-state index in [9.17, 15) is 4.79 Å². The van der Waals surface area contributed by atoms with Crippen LogP contribution in [0.15, 0.2) is 95.5 Å². The van der Waals surface area contributed by atoms with Crippen LogP contribution < -0.4 is 10.1 Å². The van der Waals surface area contributed by atoms with Gasteiger partial charge >= 0.3 is 0 Å². The maximum atomic E-state index is 12.2. The third-order valence-corrected chi connectivity index (χ3v) is 4.29. The SMILES string of the molecule is O=C(CCc1ncc(-c2ccccc2)o1)Nc1ccc(Oc2ccccc2)cc1. The lowest BCUT2D eigenvalue weighted by Crippen LogP contribution is -2.12. The Bertz CT molecular complexity index is 1060. The summed E-state index contributed by atoms with van der Waals surface area (Å²) < 4.78 is 11.5. The van der Waals surface area contributed by atoms with Crippen molar-refractivity contribution in [1.82, 2.24) is 4.98 Å². The maximum absolute atomic E-state index is 12.2. The van der Waals surface area contributed by atoms with Gasteiger partial charge < -0.3 is 14.5 Å². The molecule has 0 saturated carbocycles. The number of aryl methyl sites for hydroxylation is 1. The van der Waals surface area contributed by atoms with Crippen LogP contribution in [0, 0.1) is 0 Å². The minimum atomic E-state index is -0.0961. The summed E-state index contributed by atoms with van der Waals surface area (Å²) in [5.41, 5.74) is 1.68. The first-order valence-corrected chi connectivity index (χ1v) is 9.39. The van der Waals surface area contributed by atoms with Gasteiger partial charge in [0.25, 0.3) is 0 Å². The molecule has 0 fully saturated rings. The molecular weight excluding hydrogens is 364 g/mol. The van der Waals surface area contributed by atoms with Crippen LogP contribution in [0.4, 0.5) is 5.69 Å². The van der Waals surface area contributed by atoms with E-state index in [-0.39, 0.29) is 12.3 Å². The van der Waals surface area contributed by atoms with Gasteiger partial charge in [-0.1, -0.05) is 48.5 Å². The summed E-state index contributed by atoms with van der Waals surface area (Å²) in [6.45, 7) is 0. The second-order valence-corrected chi connectivity index (χ2v) is 6.47. The average molecular weight is 384 g/mol. The van der Waals surface area contributed by atoms with Gasteiger partial charge in [-0.3, -0.25) is 4.79 Å². The zero-order chi connectivity index (χ0) is 19.9. The van der Waals surface area contributed by atoms with Gasteiger partial charge in [-0.25, -0.2) is 4.98 Å². The van der Waals surface area contributed by atoms with Crippen LogP contribution >= 0.6 is 0 Å². The van der Waals surface area contributed by atoms with Crippen LogP contribution in [0.25, 0.3) is 11.3 Å². The molecule has 5 nitrogen and oxygen atoms in total. The van der Waals surface area contributed by atoms with Gasteiger partial charge in [-0.15, -0.1) is 0 Å². The molecule has 29 heavy (non-hydrogen) atoms. The smallest absolute Gasteiger partial charge is 0.224 e. The molecule has 0 radical (unpaired) electrons. The molecule has 4 aromatic rings. The molecule has 1 aromatic heterocycles.